The van der Waals surface area contributed by atoms with Crippen LogP contribution >= 0.6 is 11.3 Å². The van der Waals surface area contributed by atoms with Crippen LogP contribution in [0.5, 0.6) is 5.75 Å². The fraction of sp³-hybridized carbons (Fsp3) is 0.259. The van der Waals surface area contributed by atoms with Gasteiger partial charge in [0, 0.05) is 21.7 Å². The molecule has 0 bridgehead atoms. The average molecular weight is 462 g/mol. The zero-order valence-corrected chi connectivity index (χ0v) is 19.6. The van der Waals surface area contributed by atoms with Crippen LogP contribution in [0.4, 0.5) is 0 Å². The number of hydrogen-bond acceptors (Lipinski definition) is 5. The van der Waals surface area contributed by atoms with E-state index in [0.29, 0.717) is 18.1 Å². The van der Waals surface area contributed by atoms with Crippen molar-refractivity contribution in [3.05, 3.63) is 94.0 Å². The fourth-order valence-corrected chi connectivity index (χ4v) is 4.89. The van der Waals surface area contributed by atoms with E-state index in [1.807, 2.05) is 61.5 Å². The molecule has 4 aromatic rings. The Morgan fingerprint density at radius 3 is 2.36 bits per heavy atom. The molecule has 0 aliphatic heterocycles. The van der Waals surface area contributed by atoms with Crippen LogP contribution in [0.1, 0.15) is 34.6 Å². The molecule has 0 saturated heterocycles. The van der Waals surface area contributed by atoms with Gasteiger partial charge in [0.15, 0.2) is 0 Å². The number of carboxylic acid groups (broad SMARTS) is 1. The quantitative estimate of drug-likeness (QED) is 0.298. The summed E-state index contributed by atoms with van der Waals surface area (Å²) in [5.41, 5.74) is 0.643. The van der Waals surface area contributed by atoms with E-state index >= 15 is 0 Å². The fourth-order valence-electron chi connectivity index (χ4n) is 3.68. The lowest BCUT2D eigenvalue weighted by atomic mass is 10.0. The summed E-state index contributed by atoms with van der Waals surface area (Å²) in [6.07, 6.45) is 2.99. The first-order valence-corrected chi connectivity index (χ1v) is 11.8. The molecule has 0 amide bonds. The van der Waals surface area contributed by atoms with Crippen molar-refractivity contribution in [1.82, 2.24) is 4.98 Å². The van der Waals surface area contributed by atoms with Gasteiger partial charge in [0.1, 0.15) is 11.5 Å². The van der Waals surface area contributed by atoms with Gasteiger partial charge in [-0.1, -0.05) is 36.4 Å². The molecule has 0 aliphatic carbocycles. The van der Waals surface area contributed by atoms with E-state index < -0.39 is 11.6 Å². The molecule has 5 nitrogen and oxygen atoms in total. The van der Waals surface area contributed by atoms with E-state index in [-0.39, 0.29) is 0 Å². The van der Waals surface area contributed by atoms with Crippen LogP contribution in [0.25, 0.3) is 11.5 Å². The number of oxazole rings is 1. The lowest BCUT2D eigenvalue weighted by Crippen LogP contribution is -2.43. The van der Waals surface area contributed by atoms with Crippen LogP contribution in [-0.4, -0.2) is 21.7 Å². The molecule has 1 N–H and O–H groups in total. The highest BCUT2D eigenvalue weighted by molar-refractivity contribution is 7.12. The number of thiophene rings is 1. The van der Waals surface area contributed by atoms with E-state index in [1.165, 1.54) is 4.88 Å². The molecule has 6 heteroatoms. The Kier molecular flexibility index (Phi) is 6.94. The van der Waals surface area contributed by atoms with Crippen LogP contribution in [0.3, 0.4) is 0 Å². The van der Waals surface area contributed by atoms with Gasteiger partial charge < -0.3 is 14.3 Å². The number of rotatable bonds is 10. The van der Waals surface area contributed by atoms with Crippen molar-refractivity contribution in [2.45, 2.75) is 45.1 Å². The number of aryl methyl sites for hydroxylation is 3. The second-order valence-corrected chi connectivity index (χ2v) is 9.49. The first-order chi connectivity index (χ1) is 15.9. The first kappa shape index (κ1) is 22.8. The third-order valence-electron chi connectivity index (χ3n) is 5.52. The summed E-state index contributed by atoms with van der Waals surface area (Å²) in [6, 6.07) is 23.1. The SMILES string of the molecule is Cc1oc(-c2ccccc2)nc1CCCc1ccc(CC(C)(Oc2ccccc2)C(=O)O)s1. The molecule has 0 radical (unpaired) electrons. The van der Waals surface area contributed by atoms with Crippen LogP contribution in [0, 0.1) is 6.92 Å². The molecular formula is C27H27NO4S. The molecule has 0 aliphatic rings. The Bertz CT molecular complexity index is 1200. The van der Waals surface area contributed by atoms with Crippen molar-refractivity contribution < 1.29 is 19.1 Å². The smallest absolute Gasteiger partial charge is 0.348 e. The van der Waals surface area contributed by atoms with Crippen molar-refractivity contribution in [2.24, 2.45) is 0 Å². The monoisotopic (exact) mass is 461 g/mol. The number of ether oxygens (including phenoxy) is 1. The summed E-state index contributed by atoms with van der Waals surface area (Å²) < 4.78 is 11.7. The average Bonchev–Trinajstić information content (AvgIpc) is 3.41. The molecule has 2 aromatic heterocycles. The molecule has 4 rings (SSSR count). The van der Waals surface area contributed by atoms with Crippen LogP contribution in [0.15, 0.2) is 77.2 Å². The van der Waals surface area contributed by atoms with Gasteiger partial charge in [-0.3, -0.25) is 0 Å². The molecule has 0 spiro atoms. The van der Waals surface area contributed by atoms with Crippen molar-refractivity contribution in [3.63, 3.8) is 0 Å². The van der Waals surface area contributed by atoms with Crippen LogP contribution in [0.2, 0.25) is 0 Å². The number of benzene rings is 2. The highest BCUT2D eigenvalue weighted by atomic mass is 32.1. The maximum atomic E-state index is 12.0. The Morgan fingerprint density at radius 1 is 1.00 bits per heavy atom. The number of carboxylic acids is 1. The van der Waals surface area contributed by atoms with Crippen molar-refractivity contribution in [2.75, 3.05) is 0 Å². The highest BCUT2D eigenvalue weighted by Gasteiger charge is 2.36. The van der Waals surface area contributed by atoms with E-state index in [9.17, 15) is 9.90 Å². The van der Waals surface area contributed by atoms with Gasteiger partial charge in [0.25, 0.3) is 0 Å². The minimum atomic E-state index is -1.32. The maximum absolute atomic E-state index is 12.0. The lowest BCUT2D eigenvalue weighted by molar-refractivity contribution is -0.153. The van der Waals surface area contributed by atoms with E-state index in [1.54, 1.807) is 30.4 Å². The highest BCUT2D eigenvalue weighted by Crippen LogP contribution is 2.28. The predicted molar refractivity (Wildman–Crippen MR) is 130 cm³/mol. The summed E-state index contributed by atoms with van der Waals surface area (Å²) in [7, 11) is 0. The lowest BCUT2D eigenvalue weighted by Gasteiger charge is -2.25. The Balaban J connectivity index is 1.35. The van der Waals surface area contributed by atoms with Crippen LogP contribution in [-0.2, 0) is 24.1 Å². The summed E-state index contributed by atoms with van der Waals surface area (Å²) in [6.45, 7) is 3.58. The third kappa shape index (κ3) is 5.71. The second kappa shape index (κ2) is 10.0. The number of aliphatic carboxylic acids is 1. The standard InChI is InChI=1S/C27H27NO4S/c1-19-24(28-25(31-19)20-10-5-3-6-11-20)15-9-14-22-16-17-23(33-22)18-27(2,26(29)30)32-21-12-7-4-8-13-21/h3-8,10-13,16-17H,9,14-15,18H2,1-2H3,(H,29,30). The van der Waals surface area contributed by atoms with Crippen molar-refractivity contribution in [3.8, 4) is 17.2 Å². The van der Waals surface area contributed by atoms with Gasteiger partial charge in [-0.05, 0) is 69.5 Å². The van der Waals surface area contributed by atoms with Crippen LogP contribution < -0.4 is 4.74 Å². The molecular weight excluding hydrogens is 434 g/mol. The second-order valence-electron chi connectivity index (χ2n) is 8.24. The summed E-state index contributed by atoms with van der Waals surface area (Å²) >= 11 is 1.64. The maximum Gasteiger partial charge on any atom is 0.348 e. The normalized spacial score (nSPS) is 12.9. The Hall–Kier alpha value is -3.38. The topological polar surface area (TPSA) is 72.6 Å². The number of para-hydroxylation sites is 1. The molecule has 33 heavy (non-hydrogen) atoms. The number of nitrogens with zero attached hydrogens (tertiary/aromatic N) is 1. The first-order valence-electron chi connectivity index (χ1n) is 11.0. The zero-order chi connectivity index (χ0) is 23.3. The minimum Gasteiger partial charge on any atom is -0.478 e. The minimum absolute atomic E-state index is 0.310. The number of hydrogen-bond donors (Lipinski definition) is 1. The predicted octanol–water partition coefficient (Wildman–Crippen LogP) is 6.35. The number of carbonyl (C=O) groups is 1. The molecule has 2 heterocycles. The van der Waals surface area contributed by atoms with E-state index in [0.717, 1.165) is 41.2 Å². The van der Waals surface area contributed by atoms with E-state index in [4.69, 9.17) is 9.15 Å². The van der Waals surface area contributed by atoms with Gasteiger partial charge in [-0.25, -0.2) is 9.78 Å². The molecule has 0 fully saturated rings. The van der Waals surface area contributed by atoms with Gasteiger partial charge >= 0.3 is 5.97 Å². The third-order valence-corrected chi connectivity index (χ3v) is 6.66. The van der Waals surface area contributed by atoms with Crippen molar-refractivity contribution in [1.29, 1.82) is 0 Å². The van der Waals surface area contributed by atoms with E-state index in [2.05, 4.69) is 11.1 Å². The van der Waals surface area contributed by atoms with Gasteiger partial charge in [-0.2, -0.15) is 0 Å². The molecule has 1 unspecified atom stereocenters. The van der Waals surface area contributed by atoms with Gasteiger partial charge in [0.05, 0.1) is 5.69 Å². The Labute approximate surface area is 197 Å². The summed E-state index contributed by atoms with van der Waals surface area (Å²) in [5, 5.41) is 9.80. The Morgan fingerprint density at radius 2 is 1.67 bits per heavy atom. The molecule has 0 saturated carbocycles. The molecule has 1 atom stereocenters. The van der Waals surface area contributed by atoms with Crippen molar-refractivity contribution >= 4 is 17.3 Å². The largest absolute Gasteiger partial charge is 0.478 e. The van der Waals surface area contributed by atoms with Gasteiger partial charge in [0.2, 0.25) is 11.5 Å². The zero-order valence-electron chi connectivity index (χ0n) is 18.8. The summed E-state index contributed by atoms with van der Waals surface area (Å²) in [4.78, 5) is 18.9. The summed E-state index contributed by atoms with van der Waals surface area (Å²) in [5.74, 6) is 1.10. The molecule has 170 valence electrons. The number of aromatic nitrogens is 1. The van der Waals surface area contributed by atoms with Gasteiger partial charge in [-0.15, -0.1) is 11.3 Å². The molecule has 2 aromatic carbocycles.